The van der Waals surface area contributed by atoms with Crippen molar-refractivity contribution in [3.8, 4) is 0 Å². The SMILES string of the molecule is Nn1c(N/N=C/c2ccccc2Cl)nnc1SCC(=O)Nc1nnc(SCc2ccccc2Cl)s1. The van der Waals surface area contributed by atoms with Crippen molar-refractivity contribution in [3.63, 3.8) is 0 Å². The van der Waals surface area contributed by atoms with E-state index in [9.17, 15) is 4.79 Å². The molecule has 2 aromatic carbocycles. The third-order valence-electron chi connectivity index (χ3n) is 4.23. The van der Waals surface area contributed by atoms with Gasteiger partial charge in [-0.1, -0.05) is 94.5 Å². The molecule has 0 unspecified atom stereocenters. The van der Waals surface area contributed by atoms with Gasteiger partial charge in [-0.15, -0.1) is 20.4 Å². The predicted molar refractivity (Wildman–Crippen MR) is 143 cm³/mol. The number of carbonyl (C=O) groups excluding carboxylic acids is 1. The standard InChI is InChI=1S/C20H17Cl2N9OS3/c21-14-7-3-1-5-12(14)9-24-26-17-27-29-19(31(17)23)33-11-16(32)25-18-28-30-20(35-18)34-10-13-6-2-4-8-15(13)22/h1-9H,10-11,23H2,(H,26,27)(H,25,28,32)/b24-9+. The molecule has 4 rings (SSSR count). The van der Waals surface area contributed by atoms with Crippen molar-refractivity contribution in [2.75, 3.05) is 22.3 Å². The van der Waals surface area contributed by atoms with Crippen molar-refractivity contribution in [2.24, 2.45) is 5.10 Å². The number of anilines is 2. The van der Waals surface area contributed by atoms with E-state index in [1.807, 2.05) is 42.5 Å². The summed E-state index contributed by atoms with van der Waals surface area (Å²) in [7, 11) is 0. The van der Waals surface area contributed by atoms with Crippen LogP contribution in [0.4, 0.5) is 11.1 Å². The number of benzene rings is 2. The second-order valence-electron chi connectivity index (χ2n) is 6.66. The molecule has 180 valence electrons. The van der Waals surface area contributed by atoms with E-state index in [-0.39, 0.29) is 17.6 Å². The van der Waals surface area contributed by atoms with Crippen LogP contribution in [-0.2, 0) is 10.5 Å². The molecule has 0 aliphatic rings. The van der Waals surface area contributed by atoms with Crippen molar-refractivity contribution < 1.29 is 4.79 Å². The van der Waals surface area contributed by atoms with Gasteiger partial charge in [-0.3, -0.25) is 10.1 Å². The van der Waals surface area contributed by atoms with Crippen LogP contribution in [0.5, 0.6) is 0 Å². The molecule has 1 amide bonds. The molecule has 0 fully saturated rings. The highest BCUT2D eigenvalue weighted by atomic mass is 35.5. The molecule has 0 aliphatic heterocycles. The fourth-order valence-corrected chi connectivity index (χ4v) is 5.44. The van der Waals surface area contributed by atoms with E-state index in [0.29, 0.717) is 26.1 Å². The first-order valence-corrected chi connectivity index (χ1v) is 13.4. The minimum atomic E-state index is -0.275. The van der Waals surface area contributed by atoms with Gasteiger partial charge in [-0.25, -0.2) is 10.1 Å². The van der Waals surface area contributed by atoms with Crippen LogP contribution in [0, 0.1) is 0 Å². The van der Waals surface area contributed by atoms with E-state index < -0.39 is 0 Å². The molecule has 0 aliphatic carbocycles. The monoisotopic (exact) mass is 565 g/mol. The number of nitrogens with zero attached hydrogens (tertiary/aromatic N) is 6. The normalized spacial score (nSPS) is 11.1. The highest BCUT2D eigenvalue weighted by Crippen LogP contribution is 2.30. The van der Waals surface area contributed by atoms with E-state index in [1.165, 1.54) is 27.8 Å². The summed E-state index contributed by atoms with van der Waals surface area (Å²) in [6.45, 7) is 0. The third-order valence-corrected chi connectivity index (χ3v) is 7.91. The Hall–Kier alpha value is -2.84. The predicted octanol–water partition coefficient (Wildman–Crippen LogP) is 4.62. The average molecular weight is 567 g/mol. The number of carbonyl (C=O) groups is 1. The van der Waals surface area contributed by atoms with E-state index in [1.54, 1.807) is 12.3 Å². The first-order chi connectivity index (χ1) is 17.0. The number of nitrogens with two attached hydrogens (primary N) is 1. The second-order valence-corrected chi connectivity index (χ2v) is 10.6. The number of amides is 1. The first-order valence-electron chi connectivity index (χ1n) is 9.86. The molecule has 15 heteroatoms. The van der Waals surface area contributed by atoms with Crippen LogP contribution in [0.25, 0.3) is 0 Å². The summed E-state index contributed by atoms with van der Waals surface area (Å²) in [6.07, 6.45) is 1.54. The maximum atomic E-state index is 12.3. The minimum Gasteiger partial charge on any atom is -0.334 e. The van der Waals surface area contributed by atoms with Gasteiger partial charge in [0.25, 0.3) is 5.95 Å². The van der Waals surface area contributed by atoms with E-state index in [0.717, 1.165) is 27.2 Å². The summed E-state index contributed by atoms with van der Waals surface area (Å²) in [6, 6.07) is 14.9. The highest BCUT2D eigenvalue weighted by Gasteiger charge is 2.14. The zero-order chi connectivity index (χ0) is 24.6. The fraction of sp³-hybridized carbons (Fsp3) is 0.100. The number of hydrogen-bond donors (Lipinski definition) is 3. The van der Waals surface area contributed by atoms with Crippen LogP contribution in [0.2, 0.25) is 10.0 Å². The number of thioether (sulfide) groups is 2. The van der Waals surface area contributed by atoms with Gasteiger partial charge in [0.15, 0.2) is 4.34 Å². The number of rotatable bonds is 10. The van der Waals surface area contributed by atoms with Crippen molar-refractivity contribution in [1.29, 1.82) is 0 Å². The largest absolute Gasteiger partial charge is 0.334 e. The summed E-state index contributed by atoms with van der Waals surface area (Å²) in [5.41, 5.74) is 4.44. The molecule has 0 saturated heterocycles. The topological polar surface area (TPSA) is 136 Å². The number of hydrogen-bond acceptors (Lipinski definition) is 11. The summed E-state index contributed by atoms with van der Waals surface area (Å²) in [5.74, 6) is 6.64. The number of hydrazone groups is 1. The van der Waals surface area contributed by atoms with Gasteiger partial charge in [-0.05, 0) is 17.7 Å². The fourth-order valence-electron chi connectivity index (χ4n) is 2.55. The van der Waals surface area contributed by atoms with Crippen molar-refractivity contribution in [3.05, 3.63) is 69.7 Å². The lowest BCUT2D eigenvalue weighted by molar-refractivity contribution is -0.113. The maximum absolute atomic E-state index is 12.3. The summed E-state index contributed by atoms with van der Waals surface area (Å²) in [4.78, 5) is 12.3. The van der Waals surface area contributed by atoms with Gasteiger partial charge < -0.3 is 5.84 Å². The van der Waals surface area contributed by atoms with Gasteiger partial charge >= 0.3 is 0 Å². The Labute approximate surface area is 222 Å². The molecule has 0 radical (unpaired) electrons. The van der Waals surface area contributed by atoms with Crippen LogP contribution in [-0.4, -0.2) is 42.9 Å². The Bertz CT molecular complexity index is 1340. The van der Waals surface area contributed by atoms with Gasteiger partial charge in [0.1, 0.15) is 0 Å². The van der Waals surface area contributed by atoms with E-state index in [4.69, 9.17) is 29.0 Å². The summed E-state index contributed by atoms with van der Waals surface area (Å²) >= 11 is 16.2. The Morgan fingerprint density at radius 1 is 1.06 bits per heavy atom. The molecule has 10 nitrogen and oxygen atoms in total. The lowest BCUT2D eigenvalue weighted by atomic mass is 10.2. The van der Waals surface area contributed by atoms with Crippen LogP contribution in [0.1, 0.15) is 11.1 Å². The Kier molecular flexibility index (Phi) is 8.82. The van der Waals surface area contributed by atoms with Crippen LogP contribution in [0.3, 0.4) is 0 Å². The van der Waals surface area contributed by atoms with Crippen LogP contribution < -0.4 is 16.6 Å². The van der Waals surface area contributed by atoms with Crippen molar-refractivity contribution in [2.45, 2.75) is 15.2 Å². The lowest BCUT2D eigenvalue weighted by Crippen LogP contribution is -2.16. The Balaban J connectivity index is 1.24. The Morgan fingerprint density at radius 2 is 1.83 bits per heavy atom. The van der Waals surface area contributed by atoms with Crippen molar-refractivity contribution in [1.82, 2.24) is 25.1 Å². The zero-order valence-electron chi connectivity index (χ0n) is 17.8. The summed E-state index contributed by atoms with van der Waals surface area (Å²) < 4.78 is 1.93. The lowest BCUT2D eigenvalue weighted by Gasteiger charge is -2.03. The molecule has 2 heterocycles. The minimum absolute atomic E-state index is 0.0555. The highest BCUT2D eigenvalue weighted by molar-refractivity contribution is 8.00. The second kappa shape index (κ2) is 12.2. The average Bonchev–Trinajstić information content (AvgIpc) is 3.44. The van der Waals surface area contributed by atoms with Gasteiger partial charge in [0.05, 0.1) is 12.0 Å². The summed E-state index contributed by atoms with van der Waals surface area (Å²) in [5, 5.41) is 24.8. The van der Waals surface area contributed by atoms with Crippen LogP contribution in [0.15, 0.2) is 63.1 Å². The number of nitrogen functional groups attached to an aromatic ring is 1. The molecule has 0 saturated carbocycles. The van der Waals surface area contributed by atoms with E-state index >= 15 is 0 Å². The van der Waals surface area contributed by atoms with Gasteiger partial charge in [-0.2, -0.15) is 5.10 Å². The third kappa shape index (κ3) is 7.08. The van der Waals surface area contributed by atoms with Crippen LogP contribution >= 0.6 is 58.1 Å². The molecule has 0 atom stereocenters. The van der Waals surface area contributed by atoms with Gasteiger partial charge in [0, 0.05) is 21.4 Å². The van der Waals surface area contributed by atoms with Crippen molar-refractivity contribution >= 4 is 81.3 Å². The smallest absolute Gasteiger partial charge is 0.264 e. The Morgan fingerprint density at radius 3 is 2.63 bits per heavy atom. The van der Waals surface area contributed by atoms with Gasteiger partial charge in [0.2, 0.25) is 16.2 Å². The number of aromatic nitrogens is 5. The molecule has 0 spiro atoms. The molecule has 35 heavy (non-hydrogen) atoms. The quantitative estimate of drug-likeness (QED) is 0.0826. The molecule has 0 bridgehead atoms. The molecular formula is C20H17Cl2N9OS3. The van der Waals surface area contributed by atoms with E-state index in [2.05, 4.69) is 36.2 Å². The molecule has 4 aromatic rings. The number of halogens is 2. The molecular weight excluding hydrogens is 549 g/mol. The first kappa shape index (κ1) is 25.3. The number of nitrogens with one attached hydrogen (secondary N) is 2. The molecule has 2 aromatic heterocycles. The maximum Gasteiger partial charge on any atom is 0.264 e. The zero-order valence-corrected chi connectivity index (χ0v) is 21.7. The molecule has 4 N–H and O–H groups in total.